The summed E-state index contributed by atoms with van der Waals surface area (Å²) in [5.74, 6) is -0.615. The number of hydrogen-bond donors (Lipinski definition) is 0. The first-order valence-electron chi connectivity index (χ1n) is 6.62. The van der Waals surface area contributed by atoms with Gasteiger partial charge in [0.15, 0.2) is 0 Å². The monoisotopic (exact) mass is 368 g/mol. The lowest BCUT2D eigenvalue weighted by molar-refractivity contribution is -0.137. The zero-order valence-corrected chi connectivity index (χ0v) is 13.4. The second-order valence-electron chi connectivity index (χ2n) is 5.57. The Kier molecular flexibility index (Phi) is 4.95. The molecular formula is C14H17BrF4N2. The van der Waals surface area contributed by atoms with Gasteiger partial charge in [-0.15, -0.1) is 0 Å². The van der Waals surface area contributed by atoms with E-state index in [0.717, 1.165) is 31.6 Å². The minimum Gasteiger partial charge on any atom is -0.305 e. The predicted molar refractivity (Wildman–Crippen MR) is 76.5 cm³/mol. The highest BCUT2D eigenvalue weighted by Gasteiger charge is 2.33. The number of rotatable bonds is 3. The van der Waals surface area contributed by atoms with Crippen LogP contribution in [-0.4, -0.2) is 43.0 Å². The van der Waals surface area contributed by atoms with Crippen LogP contribution in [0, 0.1) is 5.82 Å². The van der Waals surface area contributed by atoms with E-state index in [-0.39, 0.29) is 16.6 Å². The lowest BCUT2D eigenvalue weighted by atomic mass is 10.1. The third kappa shape index (κ3) is 3.96. The maximum atomic E-state index is 14.0. The molecule has 1 aromatic carbocycles. The van der Waals surface area contributed by atoms with Crippen molar-refractivity contribution in [3.05, 3.63) is 33.5 Å². The van der Waals surface area contributed by atoms with Crippen molar-refractivity contribution in [1.29, 1.82) is 0 Å². The number of alkyl halides is 3. The summed E-state index contributed by atoms with van der Waals surface area (Å²) in [5, 5.41) is 0. The van der Waals surface area contributed by atoms with Crippen molar-refractivity contribution in [3.8, 4) is 0 Å². The first-order valence-corrected chi connectivity index (χ1v) is 7.41. The van der Waals surface area contributed by atoms with Crippen molar-refractivity contribution in [3.63, 3.8) is 0 Å². The molecule has 0 radical (unpaired) electrons. The van der Waals surface area contributed by atoms with E-state index in [0.29, 0.717) is 6.04 Å². The minimum absolute atomic E-state index is 0.0797. The van der Waals surface area contributed by atoms with E-state index in [1.54, 1.807) is 0 Å². The summed E-state index contributed by atoms with van der Waals surface area (Å²) in [5.41, 5.74) is -0.745. The lowest BCUT2D eigenvalue weighted by Gasteiger charge is -2.21. The maximum absolute atomic E-state index is 14.0. The quantitative estimate of drug-likeness (QED) is 0.749. The summed E-state index contributed by atoms with van der Waals surface area (Å²) in [6.07, 6.45) is -3.53. The number of nitrogens with zero attached hydrogens (tertiary/aromatic N) is 2. The Bertz CT molecular complexity index is 516. The zero-order chi connectivity index (χ0) is 15.8. The molecule has 1 fully saturated rings. The summed E-state index contributed by atoms with van der Waals surface area (Å²) in [6, 6.07) is 2.05. The molecule has 0 bridgehead atoms. The predicted octanol–water partition coefficient (Wildman–Crippen LogP) is 3.74. The molecule has 1 aliphatic rings. The normalized spacial score (nSPS) is 20.5. The number of likely N-dealkylation sites (tertiary alicyclic amines) is 1. The van der Waals surface area contributed by atoms with Crippen LogP contribution in [0.2, 0.25) is 0 Å². The van der Waals surface area contributed by atoms with Crippen LogP contribution in [0.5, 0.6) is 0 Å². The van der Waals surface area contributed by atoms with Crippen molar-refractivity contribution in [1.82, 2.24) is 9.80 Å². The molecule has 0 aliphatic carbocycles. The largest absolute Gasteiger partial charge is 0.416 e. The molecule has 0 aromatic heterocycles. The molecule has 1 aromatic rings. The summed E-state index contributed by atoms with van der Waals surface area (Å²) >= 11 is 2.87. The molecule has 7 heteroatoms. The van der Waals surface area contributed by atoms with Crippen LogP contribution in [0.4, 0.5) is 17.6 Å². The summed E-state index contributed by atoms with van der Waals surface area (Å²) < 4.78 is 52.3. The van der Waals surface area contributed by atoms with E-state index < -0.39 is 17.6 Å². The van der Waals surface area contributed by atoms with Crippen molar-refractivity contribution >= 4 is 15.9 Å². The number of likely N-dealkylation sites (N-methyl/N-ethyl adjacent to an activating group) is 1. The van der Waals surface area contributed by atoms with Crippen molar-refractivity contribution in [2.45, 2.75) is 25.2 Å². The minimum atomic E-state index is -4.47. The van der Waals surface area contributed by atoms with Gasteiger partial charge < -0.3 is 4.90 Å². The molecule has 2 rings (SSSR count). The highest BCUT2D eigenvalue weighted by molar-refractivity contribution is 9.10. The highest BCUT2D eigenvalue weighted by atomic mass is 79.9. The Morgan fingerprint density at radius 2 is 2.00 bits per heavy atom. The van der Waals surface area contributed by atoms with Gasteiger partial charge in [0.25, 0.3) is 0 Å². The summed E-state index contributed by atoms with van der Waals surface area (Å²) in [6.45, 7) is 1.69. The standard InChI is InChI=1S/C14H17BrF4N2/c1-20(2)11-3-4-21(8-11)7-9-5-10(14(17,18)19)6-12(15)13(9)16/h5-6,11H,3-4,7-8H2,1-2H3/t11-/m1/s1. The average molecular weight is 369 g/mol. The van der Waals surface area contributed by atoms with Gasteiger partial charge in [0.1, 0.15) is 5.82 Å². The van der Waals surface area contributed by atoms with Gasteiger partial charge >= 0.3 is 6.18 Å². The van der Waals surface area contributed by atoms with Crippen LogP contribution in [-0.2, 0) is 12.7 Å². The second kappa shape index (κ2) is 6.22. The fraction of sp³-hybridized carbons (Fsp3) is 0.571. The fourth-order valence-electron chi connectivity index (χ4n) is 2.54. The van der Waals surface area contributed by atoms with E-state index in [4.69, 9.17) is 0 Å². The van der Waals surface area contributed by atoms with Gasteiger partial charge in [-0.25, -0.2) is 4.39 Å². The van der Waals surface area contributed by atoms with Gasteiger partial charge in [0.2, 0.25) is 0 Å². The molecule has 21 heavy (non-hydrogen) atoms. The van der Waals surface area contributed by atoms with Gasteiger partial charge in [0.05, 0.1) is 10.0 Å². The first kappa shape index (κ1) is 16.7. The Morgan fingerprint density at radius 1 is 1.33 bits per heavy atom. The topological polar surface area (TPSA) is 6.48 Å². The fourth-order valence-corrected chi connectivity index (χ4v) is 3.04. The van der Waals surface area contributed by atoms with Crippen LogP contribution in [0.1, 0.15) is 17.5 Å². The SMILES string of the molecule is CN(C)[C@@H]1CCN(Cc2cc(C(F)(F)F)cc(Br)c2F)C1. The van der Waals surface area contributed by atoms with Gasteiger partial charge in [-0.1, -0.05) is 0 Å². The maximum Gasteiger partial charge on any atom is 0.416 e. The van der Waals surface area contributed by atoms with E-state index in [9.17, 15) is 17.6 Å². The number of hydrogen-bond acceptors (Lipinski definition) is 2. The Morgan fingerprint density at radius 3 is 2.52 bits per heavy atom. The number of benzene rings is 1. The van der Waals surface area contributed by atoms with Crippen LogP contribution in [0.15, 0.2) is 16.6 Å². The van der Waals surface area contributed by atoms with E-state index in [2.05, 4.69) is 20.8 Å². The first-order chi connectivity index (χ1) is 9.68. The van der Waals surface area contributed by atoms with E-state index in [1.807, 2.05) is 19.0 Å². The Hall–Kier alpha value is -0.660. The summed E-state index contributed by atoms with van der Waals surface area (Å²) in [4.78, 5) is 4.06. The third-order valence-electron chi connectivity index (χ3n) is 3.80. The molecule has 1 atom stereocenters. The molecule has 0 saturated carbocycles. The average Bonchev–Trinajstić information content (AvgIpc) is 2.82. The van der Waals surface area contributed by atoms with Crippen molar-refractivity contribution in [2.24, 2.45) is 0 Å². The third-order valence-corrected chi connectivity index (χ3v) is 4.38. The second-order valence-corrected chi connectivity index (χ2v) is 6.42. The van der Waals surface area contributed by atoms with Gasteiger partial charge in [-0.05, 0) is 48.6 Å². The molecule has 0 N–H and O–H groups in total. The molecular weight excluding hydrogens is 352 g/mol. The van der Waals surface area contributed by atoms with E-state index in [1.165, 1.54) is 0 Å². The van der Waals surface area contributed by atoms with Gasteiger partial charge in [0, 0.05) is 31.2 Å². The smallest absolute Gasteiger partial charge is 0.305 e. The van der Waals surface area contributed by atoms with Gasteiger partial charge in [-0.2, -0.15) is 13.2 Å². The molecule has 1 aliphatic heterocycles. The zero-order valence-electron chi connectivity index (χ0n) is 11.8. The van der Waals surface area contributed by atoms with Gasteiger partial charge in [-0.3, -0.25) is 4.90 Å². The molecule has 0 amide bonds. The van der Waals surface area contributed by atoms with Crippen LogP contribution >= 0.6 is 15.9 Å². The Labute approximate surface area is 129 Å². The molecule has 0 spiro atoms. The number of halogens is 5. The lowest BCUT2D eigenvalue weighted by Crippen LogP contribution is -2.31. The molecule has 118 valence electrons. The molecule has 1 saturated heterocycles. The molecule has 0 unspecified atom stereocenters. The van der Waals surface area contributed by atoms with Crippen molar-refractivity contribution in [2.75, 3.05) is 27.2 Å². The van der Waals surface area contributed by atoms with Crippen LogP contribution in [0.25, 0.3) is 0 Å². The van der Waals surface area contributed by atoms with E-state index >= 15 is 0 Å². The van der Waals surface area contributed by atoms with Crippen molar-refractivity contribution < 1.29 is 17.6 Å². The Balaban J connectivity index is 2.19. The summed E-state index contributed by atoms with van der Waals surface area (Å²) in [7, 11) is 3.94. The highest BCUT2D eigenvalue weighted by Crippen LogP contribution is 2.34. The molecule has 2 nitrogen and oxygen atoms in total. The van der Waals surface area contributed by atoms with Crippen LogP contribution < -0.4 is 0 Å². The van der Waals surface area contributed by atoms with Crippen LogP contribution in [0.3, 0.4) is 0 Å². The molecule has 1 heterocycles.